The number of carbonyl (C=O) groups is 1. The van der Waals surface area contributed by atoms with Crippen LogP contribution in [0.25, 0.3) is 0 Å². The van der Waals surface area contributed by atoms with Crippen molar-refractivity contribution in [3.63, 3.8) is 0 Å². The Kier molecular flexibility index (Phi) is 3.93. The van der Waals surface area contributed by atoms with Crippen LogP contribution in [0.4, 0.5) is 5.13 Å². The molecule has 96 valence electrons. The topological polar surface area (TPSA) is 64.1 Å². The van der Waals surface area contributed by atoms with E-state index in [-0.39, 0.29) is 5.97 Å². The predicted octanol–water partition coefficient (Wildman–Crippen LogP) is 2.62. The zero-order valence-corrected chi connectivity index (χ0v) is 11.9. The Morgan fingerprint density at radius 3 is 2.83 bits per heavy atom. The first-order valence-corrected chi connectivity index (χ1v) is 6.94. The van der Waals surface area contributed by atoms with E-state index in [9.17, 15) is 4.79 Å². The van der Waals surface area contributed by atoms with Gasteiger partial charge < -0.3 is 10.1 Å². The first-order chi connectivity index (χ1) is 8.60. The number of anilines is 1. The molecule has 0 unspecified atom stereocenters. The summed E-state index contributed by atoms with van der Waals surface area (Å²) >= 11 is 2.94. The fraction of sp³-hybridized carbons (Fsp3) is 0.364. The Balaban J connectivity index is 2.04. The zero-order chi connectivity index (χ0) is 13.1. The highest BCUT2D eigenvalue weighted by Crippen LogP contribution is 2.24. The van der Waals surface area contributed by atoms with E-state index in [0.717, 1.165) is 5.01 Å². The lowest BCUT2D eigenvalue weighted by molar-refractivity contribution is 0.0605. The molecule has 0 bridgehead atoms. The largest absolute Gasteiger partial charge is 0.465 e. The SMILES string of the molecule is COC(=O)c1sc(NCc2ncc(C)s2)nc1C. The van der Waals surface area contributed by atoms with Crippen LogP contribution in [0.5, 0.6) is 0 Å². The number of ether oxygens (including phenoxy) is 1. The molecular weight excluding hydrogens is 270 g/mol. The van der Waals surface area contributed by atoms with Crippen LogP contribution in [-0.2, 0) is 11.3 Å². The first kappa shape index (κ1) is 13.0. The minimum atomic E-state index is -0.344. The average molecular weight is 283 g/mol. The van der Waals surface area contributed by atoms with Gasteiger partial charge in [-0.05, 0) is 13.8 Å². The molecule has 1 N–H and O–H groups in total. The molecule has 0 saturated heterocycles. The molecular formula is C11H13N3O2S2. The Morgan fingerprint density at radius 1 is 1.44 bits per heavy atom. The van der Waals surface area contributed by atoms with Crippen molar-refractivity contribution >= 4 is 33.8 Å². The number of hydrogen-bond acceptors (Lipinski definition) is 7. The van der Waals surface area contributed by atoms with Gasteiger partial charge in [0.2, 0.25) is 0 Å². The van der Waals surface area contributed by atoms with Crippen molar-refractivity contribution in [3.8, 4) is 0 Å². The van der Waals surface area contributed by atoms with Gasteiger partial charge >= 0.3 is 5.97 Å². The number of carbonyl (C=O) groups excluding carboxylic acids is 1. The van der Waals surface area contributed by atoms with Crippen LogP contribution in [0.3, 0.4) is 0 Å². The van der Waals surface area contributed by atoms with Crippen molar-refractivity contribution in [3.05, 3.63) is 26.7 Å². The quantitative estimate of drug-likeness (QED) is 0.874. The maximum atomic E-state index is 11.4. The molecule has 0 aliphatic rings. The van der Waals surface area contributed by atoms with E-state index in [1.54, 1.807) is 18.3 Å². The lowest BCUT2D eigenvalue weighted by Gasteiger charge is -1.97. The molecule has 2 aromatic heterocycles. The molecule has 0 radical (unpaired) electrons. The first-order valence-electron chi connectivity index (χ1n) is 5.31. The summed E-state index contributed by atoms with van der Waals surface area (Å²) in [5.41, 5.74) is 0.685. The van der Waals surface area contributed by atoms with Crippen molar-refractivity contribution in [1.82, 2.24) is 9.97 Å². The third-order valence-corrected chi connectivity index (χ3v) is 4.24. The summed E-state index contributed by atoms with van der Waals surface area (Å²) in [4.78, 5) is 21.7. The van der Waals surface area contributed by atoms with Gasteiger partial charge in [-0.2, -0.15) is 0 Å². The summed E-state index contributed by atoms with van der Waals surface area (Å²) in [6, 6.07) is 0. The van der Waals surface area contributed by atoms with Gasteiger partial charge in [-0.1, -0.05) is 11.3 Å². The Bertz CT molecular complexity index is 562. The molecule has 0 saturated carbocycles. The molecule has 0 fully saturated rings. The van der Waals surface area contributed by atoms with Gasteiger partial charge in [0.25, 0.3) is 0 Å². The molecule has 2 rings (SSSR count). The van der Waals surface area contributed by atoms with E-state index in [1.807, 2.05) is 13.1 Å². The molecule has 0 spiro atoms. The summed E-state index contributed by atoms with van der Waals surface area (Å²) in [6.45, 7) is 4.43. The van der Waals surface area contributed by atoms with E-state index < -0.39 is 0 Å². The number of aromatic nitrogens is 2. The second-order valence-electron chi connectivity index (χ2n) is 3.64. The van der Waals surface area contributed by atoms with E-state index in [1.165, 1.54) is 23.3 Å². The van der Waals surface area contributed by atoms with Crippen LogP contribution in [0, 0.1) is 13.8 Å². The zero-order valence-electron chi connectivity index (χ0n) is 10.3. The highest BCUT2D eigenvalue weighted by atomic mass is 32.1. The van der Waals surface area contributed by atoms with E-state index in [0.29, 0.717) is 22.2 Å². The van der Waals surface area contributed by atoms with E-state index in [4.69, 9.17) is 0 Å². The Hall–Kier alpha value is -1.47. The van der Waals surface area contributed by atoms with Crippen LogP contribution in [0.15, 0.2) is 6.20 Å². The van der Waals surface area contributed by atoms with Crippen LogP contribution in [-0.4, -0.2) is 23.0 Å². The number of aryl methyl sites for hydroxylation is 2. The number of thiazole rings is 2. The van der Waals surface area contributed by atoms with Gasteiger partial charge in [-0.15, -0.1) is 11.3 Å². The van der Waals surface area contributed by atoms with Crippen molar-refractivity contribution < 1.29 is 9.53 Å². The van der Waals surface area contributed by atoms with Gasteiger partial charge in [-0.25, -0.2) is 14.8 Å². The highest BCUT2D eigenvalue weighted by molar-refractivity contribution is 7.17. The molecule has 0 aliphatic carbocycles. The highest BCUT2D eigenvalue weighted by Gasteiger charge is 2.15. The molecule has 0 atom stereocenters. The van der Waals surface area contributed by atoms with Gasteiger partial charge in [0, 0.05) is 11.1 Å². The second kappa shape index (κ2) is 5.45. The minimum absolute atomic E-state index is 0.344. The smallest absolute Gasteiger partial charge is 0.350 e. The number of methoxy groups -OCH3 is 1. The van der Waals surface area contributed by atoms with Crippen molar-refractivity contribution in [2.24, 2.45) is 0 Å². The standard InChI is InChI=1S/C11H13N3O2S2/c1-6-4-12-8(17-6)5-13-11-14-7(2)9(18-11)10(15)16-3/h4H,5H2,1-3H3,(H,13,14). The van der Waals surface area contributed by atoms with Gasteiger partial charge in [0.05, 0.1) is 19.3 Å². The van der Waals surface area contributed by atoms with Crippen LogP contribution < -0.4 is 5.32 Å². The third-order valence-electron chi connectivity index (χ3n) is 2.23. The monoisotopic (exact) mass is 283 g/mol. The minimum Gasteiger partial charge on any atom is -0.465 e. The van der Waals surface area contributed by atoms with Crippen LogP contribution in [0.1, 0.15) is 25.3 Å². The Labute approximate surface area is 113 Å². The van der Waals surface area contributed by atoms with Crippen molar-refractivity contribution in [2.75, 3.05) is 12.4 Å². The summed E-state index contributed by atoms with van der Waals surface area (Å²) in [5.74, 6) is -0.344. The van der Waals surface area contributed by atoms with Gasteiger partial charge in [-0.3, -0.25) is 0 Å². The molecule has 2 heterocycles. The fourth-order valence-corrected chi connectivity index (χ4v) is 3.00. The maximum absolute atomic E-state index is 11.4. The number of esters is 1. The fourth-order valence-electron chi connectivity index (χ4n) is 1.39. The molecule has 2 aromatic rings. The summed E-state index contributed by atoms with van der Waals surface area (Å²) in [5, 5.41) is 4.87. The molecule has 7 heteroatoms. The number of nitrogens with one attached hydrogen (secondary N) is 1. The van der Waals surface area contributed by atoms with Gasteiger partial charge in [0.1, 0.15) is 9.88 Å². The lowest BCUT2D eigenvalue weighted by Crippen LogP contribution is -1.99. The molecule has 0 amide bonds. The number of hydrogen-bond donors (Lipinski definition) is 1. The number of rotatable bonds is 4. The van der Waals surface area contributed by atoms with Gasteiger partial charge in [0.15, 0.2) is 5.13 Å². The summed E-state index contributed by atoms with van der Waals surface area (Å²) < 4.78 is 4.69. The third kappa shape index (κ3) is 2.85. The molecule has 18 heavy (non-hydrogen) atoms. The summed E-state index contributed by atoms with van der Waals surface area (Å²) in [7, 11) is 1.37. The molecule has 5 nitrogen and oxygen atoms in total. The van der Waals surface area contributed by atoms with Crippen molar-refractivity contribution in [2.45, 2.75) is 20.4 Å². The van der Waals surface area contributed by atoms with E-state index >= 15 is 0 Å². The van der Waals surface area contributed by atoms with E-state index in [2.05, 4.69) is 20.0 Å². The average Bonchev–Trinajstić information content (AvgIpc) is 2.92. The Morgan fingerprint density at radius 2 is 2.22 bits per heavy atom. The van der Waals surface area contributed by atoms with Crippen LogP contribution in [0.2, 0.25) is 0 Å². The lowest BCUT2D eigenvalue weighted by atomic mass is 10.4. The molecule has 0 aromatic carbocycles. The number of nitrogens with zero attached hydrogens (tertiary/aromatic N) is 2. The normalized spacial score (nSPS) is 10.4. The summed E-state index contributed by atoms with van der Waals surface area (Å²) in [6.07, 6.45) is 1.84. The predicted molar refractivity (Wildman–Crippen MR) is 72.4 cm³/mol. The van der Waals surface area contributed by atoms with Crippen LogP contribution >= 0.6 is 22.7 Å². The van der Waals surface area contributed by atoms with Crippen molar-refractivity contribution in [1.29, 1.82) is 0 Å². The molecule has 0 aliphatic heterocycles. The second-order valence-corrected chi connectivity index (χ2v) is 5.96. The maximum Gasteiger partial charge on any atom is 0.350 e.